The fourth-order valence-corrected chi connectivity index (χ4v) is 1.81. The molecule has 0 saturated heterocycles. The summed E-state index contributed by atoms with van der Waals surface area (Å²) in [4.78, 5) is 15.0. The second kappa shape index (κ2) is 5.88. The normalized spacial score (nSPS) is 10.3. The number of carboxylic acid groups (broad SMARTS) is 1. The first-order valence-electron chi connectivity index (χ1n) is 5.75. The van der Waals surface area contributed by atoms with E-state index >= 15 is 0 Å². The smallest absolute Gasteiger partial charge is 0.358 e. The van der Waals surface area contributed by atoms with Crippen LogP contribution in [0.15, 0.2) is 30.3 Å². The number of nitrogens with zero attached hydrogens (tertiary/aromatic N) is 1. The molecule has 0 aliphatic rings. The van der Waals surface area contributed by atoms with Crippen LogP contribution in [0.3, 0.4) is 0 Å². The van der Waals surface area contributed by atoms with Crippen LogP contribution in [0, 0.1) is 12.7 Å². The van der Waals surface area contributed by atoms with Crippen molar-refractivity contribution in [1.29, 1.82) is 0 Å². The Hall–Kier alpha value is -2.14. The molecule has 0 unspecified atom stereocenters. The summed E-state index contributed by atoms with van der Waals surface area (Å²) in [6, 6.07) is 7.49. The molecule has 0 amide bonds. The highest BCUT2D eigenvalue weighted by Crippen LogP contribution is 2.23. The highest BCUT2D eigenvalue weighted by atomic mass is 35.5. The van der Waals surface area contributed by atoms with Crippen LogP contribution in [0.25, 0.3) is 0 Å². The number of aryl methyl sites for hydroxylation is 1. The standard InChI is InChI=1S/C14H11ClFNO3/c1-8-5-6-11(13(17-8)14(18)19)20-7-9-3-2-4-10(16)12(9)15/h2-6H,7H2,1H3,(H,18,19). The minimum absolute atomic E-state index is 0.0376. The van der Waals surface area contributed by atoms with E-state index in [1.807, 2.05) is 0 Å². The van der Waals surface area contributed by atoms with Gasteiger partial charge >= 0.3 is 5.97 Å². The largest absolute Gasteiger partial charge is 0.486 e. The van der Waals surface area contributed by atoms with Crippen molar-refractivity contribution in [1.82, 2.24) is 4.98 Å². The molecule has 104 valence electrons. The Bertz CT molecular complexity index is 661. The highest BCUT2D eigenvalue weighted by molar-refractivity contribution is 6.31. The zero-order valence-electron chi connectivity index (χ0n) is 10.6. The fourth-order valence-electron chi connectivity index (χ4n) is 1.63. The van der Waals surface area contributed by atoms with E-state index in [1.165, 1.54) is 18.2 Å². The number of halogens is 2. The molecule has 20 heavy (non-hydrogen) atoms. The zero-order chi connectivity index (χ0) is 14.7. The Morgan fingerprint density at radius 1 is 1.40 bits per heavy atom. The van der Waals surface area contributed by atoms with Crippen molar-refractivity contribution >= 4 is 17.6 Å². The summed E-state index contributed by atoms with van der Waals surface area (Å²) in [7, 11) is 0. The number of hydrogen-bond acceptors (Lipinski definition) is 3. The molecule has 1 aromatic heterocycles. The summed E-state index contributed by atoms with van der Waals surface area (Å²) < 4.78 is 18.7. The Labute approximate surface area is 119 Å². The van der Waals surface area contributed by atoms with Gasteiger partial charge in [-0.2, -0.15) is 0 Å². The van der Waals surface area contributed by atoms with Gasteiger partial charge in [-0.15, -0.1) is 0 Å². The van der Waals surface area contributed by atoms with Gasteiger partial charge in [-0.25, -0.2) is 14.2 Å². The van der Waals surface area contributed by atoms with E-state index in [1.54, 1.807) is 19.1 Å². The van der Waals surface area contributed by atoms with E-state index < -0.39 is 11.8 Å². The van der Waals surface area contributed by atoms with Crippen molar-refractivity contribution in [3.05, 3.63) is 58.1 Å². The monoisotopic (exact) mass is 295 g/mol. The van der Waals surface area contributed by atoms with E-state index in [9.17, 15) is 9.18 Å². The van der Waals surface area contributed by atoms with Crippen LogP contribution in [0.5, 0.6) is 5.75 Å². The van der Waals surface area contributed by atoms with E-state index in [0.717, 1.165) is 0 Å². The molecule has 6 heteroatoms. The van der Waals surface area contributed by atoms with Gasteiger partial charge in [0.25, 0.3) is 0 Å². The minimum atomic E-state index is -1.19. The first-order chi connectivity index (χ1) is 9.49. The summed E-state index contributed by atoms with van der Waals surface area (Å²) in [5.41, 5.74) is 0.819. The Morgan fingerprint density at radius 3 is 2.85 bits per heavy atom. The van der Waals surface area contributed by atoms with Crippen molar-refractivity contribution < 1.29 is 19.0 Å². The Balaban J connectivity index is 2.23. The number of aromatic nitrogens is 1. The van der Waals surface area contributed by atoms with Gasteiger partial charge in [-0.05, 0) is 25.1 Å². The number of rotatable bonds is 4. The van der Waals surface area contributed by atoms with E-state index in [4.69, 9.17) is 21.4 Å². The van der Waals surface area contributed by atoms with Crippen molar-refractivity contribution in [3.63, 3.8) is 0 Å². The third-order valence-corrected chi connectivity index (χ3v) is 3.04. The molecule has 0 radical (unpaired) electrons. The number of hydrogen-bond donors (Lipinski definition) is 1. The molecule has 1 N–H and O–H groups in total. The molecule has 0 bridgehead atoms. The predicted octanol–water partition coefficient (Wildman–Crippen LogP) is 3.46. The molecule has 2 aromatic rings. The molecular formula is C14H11ClFNO3. The van der Waals surface area contributed by atoms with Crippen LogP contribution < -0.4 is 4.74 Å². The van der Waals surface area contributed by atoms with Crippen LogP contribution in [0.4, 0.5) is 4.39 Å². The number of carboxylic acids is 1. The number of ether oxygens (including phenoxy) is 1. The van der Waals surface area contributed by atoms with Crippen LogP contribution in [0.2, 0.25) is 5.02 Å². The van der Waals surface area contributed by atoms with E-state index in [0.29, 0.717) is 11.3 Å². The van der Waals surface area contributed by atoms with E-state index in [-0.39, 0.29) is 23.1 Å². The number of carbonyl (C=O) groups is 1. The first kappa shape index (κ1) is 14.3. The maximum atomic E-state index is 13.3. The predicted molar refractivity (Wildman–Crippen MR) is 71.7 cm³/mol. The molecule has 0 aliphatic heterocycles. The second-order valence-corrected chi connectivity index (χ2v) is 4.48. The van der Waals surface area contributed by atoms with Gasteiger partial charge in [0.1, 0.15) is 12.4 Å². The van der Waals surface area contributed by atoms with Crippen LogP contribution in [-0.4, -0.2) is 16.1 Å². The lowest BCUT2D eigenvalue weighted by Crippen LogP contribution is -2.07. The molecule has 4 nitrogen and oxygen atoms in total. The third kappa shape index (κ3) is 3.05. The fraction of sp³-hybridized carbons (Fsp3) is 0.143. The molecule has 1 aromatic carbocycles. The number of pyridine rings is 1. The topological polar surface area (TPSA) is 59.4 Å². The van der Waals surface area contributed by atoms with Gasteiger partial charge in [-0.3, -0.25) is 0 Å². The molecule has 0 atom stereocenters. The summed E-state index contributed by atoms with van der Waals surface area (Å²) in [6.45, 7) is 1.64. The molecule has 0 fully saturated rings. The molecule has 2 rings (SSSR count). The summed E-state index contributed by atoms with van der Waals surface area (Å²) in [6.07, 6.45) is 0. The Kier molecular flexibility index (Phi) is 4.20. The molecule has 0 spiro atoms. The van der Waals surface area contributed by atoms with Crippen molar-refractivity contribution in [2.75, 3.05) is 0 Å². The molecule has 1 heterocycles. The van der Waals surface area contributed by atoms with Crippen LogP contribution in [-0.2, 0) is 6.61 Å². The van der Waals surface area contributed by atoms with Crippen LogP contribution >= 0.6 is 11.6 Å². The average molecular weight is 296 g/mol. The van der Waals surface area contributed by atoms with Gasteiger partial charge in [-0.1, -0.05) is 23.7 Å². The Morgan fingerprint density at radius 2 is 2.15 bits per heavy atom. The van der Waals surface area contributed by atoms with Gasteiger partial charge in [0.2, 0.25) is 0 Å². The quantitative estimate of drug-likeness (QED) is 0.938. The maximum absolute atomic E-state index is 13.3. The number of benzene rings is 1. The second-order valence-electron chi connectivity index (χ2n) is 4.11. The van der Waals surface area contributed by atoms with Crippen LogP contribution in [0.1, 0.15) is 21.7 Å². The van der Waals surface area contributed by atoms with Gasteiger partial charge in [0.05, 0.1) is 5.02 Å². The summed E-state index contributed by atoms with van der Waals surface area (Å²) in [5, 5.41) is 9.02. The lowest BCUT2D eigenvalue weighted by atomic mass is 10.2. The lowest BCUT2D eigenvalue weighted by molar-refractivity contribution is 0.0684. The molecule has 0 saturated carbocycles. The average Bonchev–Trinajstić information content (AvgIpc) is 2.41. The van der Waals surface area contributed by atoms with Gasteiger partial charge < -0.3 is 9.84 Å². The molecular weight excluding hydrogens is 285 g/mol. The van der Waals surface area contributed by atoms with Gasteiger partial charge in [0, 0.05) is 11.3 Å². The third-order valence-electron chi connectivity index (χ3n) is 2.61. The highest BCUT2D eigenvalue weighted by Gasteiger charge is 2.14. The SMILES string of the molecule is Cc1ccc(OCc2cccc(F)c2Cl)c(C(=O)O)n1. The van der Waals surface area contributed by atoms with Crippen molar-refractivity contribution in [2.24, 2.45) is 0 Å². The van der Waals surface area contributed by atoms with Gasteiger partial charge in [0.15, 0.2) is 11.4 Å². The summed E-state index contributed by atoms with van der Waals surface area (Å²) >= 11 is 5.80. The maximum Gasteiger partial charge on any atom is 0.358 e. The zero-order valence-corrected chi connectivity index (χ0v) is 11.3. The van der Waals surface area contributed by atoms with Crippen molar-refractivity contribution in [2.45, 2.75) is 13.5 Å². The lowest BCUT2D eigenvalue weighted by Gasteiger charge is -2.10. The molecule has 0 aliphatic carbocycles. The van der Waals surface area contributed by atoms with Crippen molar-refractivity contribution in [3.8, 4) is 5.75 Å². The number of aromatic carboxylic acids is 1. The van der Waals surface area contributed by atoms with E-state index in [2.05, 4.69) is 4.98 Å². The first-order valence-corrected chi connectivity index (χ1v) is 6.13. The minimum Gasteiger partial charge on any atom is -0.486 e. The summed E-state index contributed by atoms with van der Waals surface area (Å²) in [5.74, 6) is -1.62.